The minimum Gasteiger partial charge on any atom is -0.406 e. The molecule has 0 fully saturated rings. The van der Waals surface area contributed by atoms with Crippen molar-refractivity contribution in [2.45, 2.75) is 6.36 Å². The van der Waals surface area contributed by atoms with Crippen LogP contribution in [0.4, 0.5) is 13.2 Å². The summed E-state index contributed by atoms with van der Waals surface area (Å²) in [6.45, 7) is 0. The third kappa shape index (κ3) is 3.14. The molecule has 13 heavy (non-hydrogen) atoms. The molecule has 2 nitrogen and oxygen atoms in total. The van der Waals surface area contributed by atoms with Gasteiger partial charge >= 0.3 is 6.36 Å². The summed E-state index contributed by atoms with van der Waals surface area (Å²) < 4.78 is 38.5. The Balaban J connectivity index is 2.84. The van der Waals surface area contributed by atoms with Crippen LogP contribution in [0.1, 0.15) is 10.4 Å². The average Bonchev–Trinajstić information content (AvgIpc) is 2.01. The van der Waals surface area contributed by atoms with Gasteiger partial charge in [0.05, 0.1) is 0 Å². The molecule has 1 aromatic rings. The molecule has 1 rings (SSSR count). The molecular weight excluding hydrogens is 185 g/mol. The summed E-state index contributed by atoms with van der Waals surface area (Å²) in [5.74, 6) is -0.423. The maximum absolute atomic E-state index is 11.7. The van der Waals surface area contributed by atoms with Gasteiger partial charge in [0, 0.05) is 5.56 Å². The normalized spacial score (nSPS) is 11.0. The van der Waals surface area contributed by atoms with Crippen molar-refractivity contribution in [3.63, 3.8) is 0 Å². The van der Waals surface area contributed by atoms with Gasteiger partial charge in [-0.15, -0.1) is 13.2 Å². The van der Waals surface area contributed by atoms with Crippen molar-refractivity contribution in [3.05, 3.63) is 29.8 Å². The summed E-state index contributed by atoms with van der Waals surface area (Å²) in [4.78, 5) is 10.2. The highest BCUT2D eigenvalue weighted by atomic mass is 19.4. The van der Waals surface area contributed by atoms with Gasteiger partial charge in [0.2, 0.25) is 0 Å². The van der Waals surface area contributed by atoms with Crippen LogP contribution in [0.15, 0.2) is 18.2 Å². The maximum atomic E-state index is 11.7. The van der Waals surface area contributed by atoms with Crippen molar-refractivity contribution in [2.75, 3.05) is 0 Å². The Morgan fingerprint density at radius 1 is 1.46 bits per heavy atom. The SMILES string of the molecule is O=Cc1[c]ccc(OC(F)(F)F)c1. The molecule has 0 amide bonds. The Morgan fingerprint density at radius 2 is 2.15 bits per heavy atom. The van der Waals surface area contributed by atoms with Gasteiger partial charge in [0.15, 0.2) is 6.29 Å². The zero-order valence-corrected chi connectivity index (χ0v) is 6.26. The van der Waals surface area contributed by atoms with E-state index in [2.05, 4.69) is 10.8 Å². The van der Waals surface area contributed by atoms with Gasteiger partial charge in [-0.2, -0.15) is 0 Å². The Bertz CT molecular complexity index is 307. The molecule has 0 N–H and O–H groups in total. The fourth-order valence-corrected chi connectivity index (χ4v) is 0.728. The maximum Gasteiger partial charge on any atom is 0.573 e. The van der Waals surface area contributed by atoms with Gasteiger partial charge in [-0.1, -0.05) is 0 Å². The summed E-state index contributed by atoms with van der Waals surface area (Å²) in [6, 6.07) is 5.64. The molecule has 0 aliphatic carbocycles. The largest absolute Gasteiger partial charge is 0.573 e. The molecule has 0 atom stereocenters. The predicted octanol–water partition coefficient (Wildman–Crippen LogP) is 2.20. The zero-order chi connectivity index (χ0) is 9.90. The van der Waals surface area contributed by atoms with Crippen LogP contribution in [0, 0.1) is 6.07 Å². The number of aldehydes is 1. The zero-order valence-electron chi connectivity index (χ0n) is 6.26. The monoisotopic (exact) mass is 189 g/mol. The number of rotatable bonds is 2. The molecule has 5 heteroatoms. The average molecular weight is 189 g/mol. The van der Waals surface area contributed by atoms with E-state index in [1.165, 1.54) is 6.07 Å². The van der Waals surface area contributed by atoms with Crippen LogP contribution >= 0.6 is 0 Å². The van der Waals surface area contributed by atoms with E-state index in [1.807, 2.05) is 0 Å². The first-order valence-corrected chi connectivity index (χ1v) is 3.24. The van der Waals surface area contributed by atoms with Crippen molar-refractivity contribution in [1.82, 2.24) is 0 Å². The molecule has 1 radical (unpaired) electrons. The number of carbonyl (C=O) groups excluding carboxylic acids is 1. The van der Waals surface area contributed by atoms with E-state index in [4.69, 9.17) is 0 Å². The predicted molar refractivity (Wildman–Crippen MR) is 37.3 cm³/mol. The van der Waals surface area contributed by atoms with Crippen LogP contribution in [0.5, 0.6) is 5.75 Å². The number of halogens is 3. The van der Waals surface area contributed by atoms with Crippen LogP contribution < -0.4 is 4.74 Å². The number of ether oxygens (including phenoxy) is 1. The van der Waals surface area contributed by atoms with Gasteiger partial charge in [0.25, 0.3) is 0 Å². The highest BCUT2D eigenvalue weighted by molar-refractivity contribution is 5.74. The highest BCUT2D eigenvalue weighted by Crippen LogP contribution is 2.22. The molecule has 0 unspecified atom stereocenters. The molecule has 0 bridgehead atoms. The number of hydrogen-bond acceptors (Lipinski definition) is 2. The quantitative estimate of drug-likeness (QED) is 0.666. The molecule has 69 valence electrons. The highest BCUT2D eigenvalue weighted by Gasteiger charge is 2.31. The van der Waals surface area contributed by atoms with Crippen LogP contribution in [0.2, 0.25) is 0 Å². The van der Waals surface area contributed by atoms with E-state index in [1.54, 1.807) is 0 Å². The van der Waals surface area contributed by atoms with E-state index in [0.717, 1.165) is 12.1 Å². The number of hydrogen-bond donors (Lipinski definition) is 0. The van der Waals surface area contributed by atoms with E-state index >= 15 is 0 Å². The number of alkyl halides is 3. The molecule has 1 aromatic carbocycles. The molecule has 0 spiro atoms. The smallest absolute Gasteiger partial charge is 0.406 e. The number of benzene rings is 1. The Hall–Kier alpha value is -1.52. The summed E-state index contributed by atoms with van der Waals surface area (Å²) in [5.41, 5.74) is 0.0155. The van der Waals surface area contributed by atoms with Gasteiger partial charge in [-0.05, 0) is 24.3 Å². The lowest BCUT2D eigenvalue weighted by Crippen LogP contribution is -2.17. The van der Waals surface area contributed by atoms with E-state index in [0.29, 0.717) is 6.29 Å². The minimum atomic E-state index is -4.73. The van der Waals surface area contributed by atoms with Crippen molar-refractivity contribution >= 4 is 6.29 Å². The van der Waals surface area contributed by atoms with E-state index < -0.39 is 12.1 Å². The molecule has 0 aliphatic rings. The van der Waals surface area contributed by atoms with E-state index in [9.17, 15) is 18.0 Å². The van der Waals surface area contributed by atoms with Crippen LogP contribution in [0.25, 0.3) is 0 Å². The van der Waals surface area contributed by atoms with Crippen molar-refractivity contribution in [3.8, 4) is 5.75 Å². The molecule has 0 aromatic heterocycles. The summed E-state index contributed by atoms with van der Waals surface area (Å²) in [7, 11) is 0. The van der Waals surface area contributed by atoms with Gasteiger partial charge < -0.3 is 4.74 Å². The first kappa shape index (κ1) is 9.57. The Labute approximate surface area is 71.9 Å². The lowest BCUT2D eigenvalue weighted by atomic mass is 10.2. The lowest BCUT2D eigenvalue weighted by molar-refractivity contribution is -0.274. The summed E-state index contributed by atoms with van der Waals surface area (Å²) in [5, 5.41) is 0. The van der Waals surface area contributed by atoms with Crippen molar-refractivity contribution in [2.24, 2.45) is 0 Å². The topological polar surface area (TPSA) is 26.3 Å². The van der Waals surface area contributed by atoms with Crippen LogP contribution in [-0.2, 0) is 0 Å². The Morgan fingerprint density at radius 3 is 2.69 bits per heavy atom. The second-order valence-electron chi connectivity index (χ2n) is 2.15. The van der Waals surface area contributed by atoms with E-state index in [-0.39, 0.29) is 5.56 Å². The van der Waals surface area contributed by atoms with Crippen LogP contribution in [-0.4, -0.2) is 12.6 Å². The van der Waals surface area contributed by atoms with Gasteiger partial charge in [-0.3, -0.25) is 4.79 Å². The third-order valence-corrected chi connectivity index (χ3v) is 1.16. The van der Waals surface area contributed by atoms with Crippen molar-refractivity contribution < 1.29 is 22.7 Å². The first-order chi connectivity index (χ1) is 6.01. The van der Waals surface area contributed by atoms with Crippen LogP contribution in [0.3, 0.4) is 0 Å². The molecular formula is C8H4F3O2. The van der Waals surface area contributed by atoms with Crippen molar-refractivity contribution in [1.29, 1.82) is 0 Å². The van der Waals surface area contributed by atoms with Gasteiger partial charge in [-0.25, -0.2) is 0 Å². The summed E-state index contributed by atoms with van der Waals surface area (Å²) in [6.07, 6.45) is -4.34. The fourth-order valence-electron chi connectivity index (χ4n) is 0.728. The fraction of sp³-hybridized carbons (Fsp3) is 0.125. The van der Waals surface area contributed by atoms with Gasteiger partial charge in [0.1, 0.15) is 5.75 Å². The minimum absolute atomic E-state index is 0.0155. The Kier molecular flexibility index (Phi) is 2.55. The first-order valence-electron chi connectivity index (χ1n) is 3.24. The molecule has 0 saturated heterocycles. The number of carbonyl (C=O) groups is 1. The molecule has 0 heterocycles. The second kappa shape index (κ2) is 3.47. The standard InChI is InChI=1S/C8H4F3O2/c9-8(10,11)13-7-3-1-2-6(4-7)5-12/h1,3-5H. The molecule has 0 aliphatic heterocycles. The third-order valence-electron chi connectivity index (χ3n) is 1.16. The molecule has 0 saturated carbocycles. The lowest BCUT2D eigenvalue weighted by Gasteiger charge is -2.08. The summed E-state index contributed by atoms with van der Waals surface area (Å²) >= 11 is 0. The second-order valence-corrected chi connectivity index (χ2v) is 2.15.